The maximum atomic E-state index is 14.2. The molecule has 4 aromatic rings. The van der Waals surface area contributed by atoms with Crippen LogP contribution in [0.4, 0.5) is 10.1 Å². The van der Waals surface area contributed by atoms with Gasteiger partial charge in [0.1, 0.15) is 18.4 Å². The first-order valence-electron chi connectivity index (χ1n) is 13.4. The smallest absolute Gasteiger partial charge is 0.264 e. The zero-order valence-electron chi connectivity index (χ0n) is 23.0. The standard InChI is InChI=1S/C32H31BrFN3O4S/c1-2-35-32(39)30(21-24-9-5-3-6-10-24)36(22-25-13-17-27(34)18-14-25)31(38)23-37(28-19-15-26(33)16-20-28)42(40,41)29-11-7-4-8-12-29/h3-20,30H,2,21-23H2,1H3,(H,35,39)/t30-/m0/s1. The minimum absolute atomic E-state index is 0.0235. The molecule has 0 saturated heterocycles. The molecule has 0 heterocycles. The van der Waals surface area contributed by atoms with E-state index in [9.17, 15) is 22.4 Å². The van der Waals surface area contributed by atoms with Gasteiger partial charge in [-0.2, -0.15) is 0 Å². The zero-order valence-corrected chi connectivity index (χ0v) is 25.4. The predicted octanol–water partition coefficient (Wildman–Crippen LogP) is 5.56. The summed E-state index contributed by atoms with van der Waals surface area (Å²) in [6.45, 7) is 1.53. The fourth-order valence-electron chi connectivity index (χ4n) is 4.49. The van der Waals surface area contributed by atoms with Gasteiger partial charge in [-0.3, -0.25) is 13.9 Å². The average molecular weight is 653 g/mol. The van der Waals surface area contributed by atoms with E-state index in [-0.39, 0.29) is 29.5 Å². The molecule has 0 spiro atoms. The number of anilines is 1. The molecule has 4 aromatic carbocycles. The van der Waals surface area contributed by atoms with Crippen LogP contribution in [0, 0.1) is 5.82 Å². The second-order valence-electron chi connectivity index (χ2n) is 9.55. The van der Waals surface area contributed by atoms with Crippen molar-refractivity contribution in [2.75, 3.05) is 17.4 Å². The Hall–Kier alpha value is -4.02. The van der Waals surface area contributed by atoms with Gasteiger partial charge in [0.05, 0.1) is 10.6 Å². The van der Waals surface area contributed by atoms with Crippen molar-refractivity contribution in [1.29, 1.82) is 0 Å². The number of nitrogens with zero attached hydrogens (tertiary/aromatic N) is 2. The molecule has 0 bridgehead atoms. The normalized spacial score (nSPS) is 11.9. The van der Waals surface area contributed by atoms with E-state index in [4.69, 9.17) is 0 Å². The number of hydrogen-bond donors (Lipinski definition) is 1. The lowest BCUT2D eigenvalue weighted by Crippen LogP contribution is -2.53. The number of hydrogen-bond acceptors (Lipinski definition) is 4. The minimum Gasteiger partial charge on any atom is -0.355 e. The zero-order chi connectivity index (χ0) is 30.1. The number of sulfonamides is 1. The molecular formula is C32H31BrFN3O4S. The van der Waals surface area contributed by atoms with Crippen LogP contribution in [0.1, 0.15) is 18.1 Å². The highest BCUT2D eigenvalue weighted by Gasteiger charge is 2.34. The highest BCUT2D eigenvalue weighted by Crippen LogP contribution is 2.26. The van der Waals surface area contributed by atoms with Crippen LogP contribution < -0.4 is 9.62 Å². The lowest BCUT2D eigenvalue weighted by Gasteiger charge is -2.33. The molecule has 10 heteroatoms. The summed E-state index contributed by atoms with van der Waals surface area (Å²) in [6, 6.07) is 28.4. The number of amides is 2. The Bertz CT molecular complexity index is 1590. The number of carbonyl (C=O) groups excluding carboxylic acids is 2. The molecule has 218 valence electrons. The van der Waals surface area contributed by atoms with Crippen molar-refractivity contribution in [1.82, 2.24) is 10.2 Å². The first kappa shape index (κ1) is 30.9. The van der Waals surface area contributed by atoms with Crippen LogP contribution in [-0.2, 0) is 32.6 Å². The highest BCUT2D eigenvalue weighted by molar-refractivity contribution is 9.10. The van der Waals surface area contributed by atoms with Crippen molar-refractivity contribution in [2.24, 2.45) is 0 Å². The predicted molar refractivity (Wildman–Crippen MR) is 165 cm³/mol. The summed E-state index contributed by atoms with van der Waals surface area (Å²) in [5, 5.41) is 2.81. The molecule has 0 aliphatic heterocycles. The molecule has 7 nitrogen and oxygen atoms in total. The lowest BCUT2D eigenvalue weighted by molar-refractivity contribution is -0.140. The van der Waals surface area contributed by atoms with Crippen molar-refractivity contribution >= 4 is 43.5 Å². The van der Waals surface area contributed by atoms with Gasteiger partial charge in [-0.1, -0.05) is 76.6 Å². The van der Waals surface area contributed by atoms with Gasteiger partial charge in [-0.05, 0) is 66.6 Å². The van der Waals surface area contributed by atoms with Gasteiger partial charge in [0.15, 0.2) is 0 Å². The summed E-state index contributed by atoms with van der Waals surface area (Å²) in [7, 11) is -4.17. The van der Waals surface area contributed by atoms with Crippen molar-refractivity contribution in [3.05, 3.63) is 131 Å². The number of benzene rings is 4. The topological polar surface area (TPSA) is 86.8 Å². The van der Waals surface area contributed by atoms with E-state index in [1.54, 1.807) is 61.5 Å². The van der Waals surface area contributed by atoms with Gasteiger partial charge in [0, 0.05) is 24.0 Å². The lowest BCUT2D eigenvalue weighted by atomic mass is 10.0. The Kier molecular flexibility index (Phi) is 10.5. The molecule has 0 saturated carbocycles. The van der Waals surface area contributed by atoms with Crippen LogP contribution in [0.2, 0.25) is 0 Å². The molecule has 1 atom stereocenters. The van der Waals surface area contributed by atoms with Crippen LogP contribution >= 0.6 is 15.9 Å². The largest absolute Gasteiger partial charge is 0.355 e. The maximum Gasteiger partial charge on any atom is 0.264 e. The molecule has 0 aliphatic carbocycles. The van der Waals surface area contributed by atoms with Crippen molar-refractivity contribution < 1.29 is 22.4 Å². The van der Waals surface area contributed by atoms with Crippen LogP contribution in [0.25, 0.3) is 0 Å². The van der Waals surface area contributed by atoms with Crippen molar-refractivity contribution in [3.8, 4) is 0 Å². The van der Waals surface area contributed by atoms with E-state index in [1.165, 1.54) is 29.2 Å². The summed E-state index contributed by atoms with van der Waals surface area (Å²) in [5.41, 5.74) is 1.70. The summed E-state index contributed by atoms with van der Waals surface area (Å²) in [5.74, 6) is -1.40. The molecule has 0 aliphatic rings. The molecule has 2 amide bonds. The SMILES string of the molecule is CCNC(=O)[C@H](Cc1ccccc1)N(Cc1ccc(F)cc1)C(=O)CN(c1ccc(Br)cc1)S(=O)(=O)c1ccccc1. The third-order valence-corrected chi connectivity index (χ3v) is 8.93. The van der Waals surface area contributed by atoms with Crippen LogP contribution in [-0.4, -0.2) is 44.3 Å². The molecule has 1 N–H and O–H groups in total. The maximum absolute atomic E-state index is 14.2. The van der Waals surface area contributed by atoms with E-state index in [1.807, 2.05) is 30.3 Å². The minimum atomic E-state index is -4.17. The van der Waals surface area contributed by atoms with Crippen LogP contribution in [0.3, 0.4) is 0 Å². The Morgan fingerprint density at radius 2 is 1.43 bits per heavy atom. The first-order chi connectivity index (χ1) is 20.2. The van der Waals surface area contributed by atoms with E-state index in [2.05, 4.69) is 21.2 Å². The van der Waals surface area contributed by atoms with Gasteiger partial charge in [-0.25, -0.2) is 12.8 Å². The Balaban J connectivity index is 1.78. The molecule has 0 fully saturated rings. The fraction of sp³-hybridized carbons (Fsp3) is 0.188. The molecular weight excluding hydrogens is 621 g/mol. The summed E-state index contributed by atoms with van der Waals surface area (Å²) in [6.07, 6.45) is 0.198. The van der Waals surface area contributed by atoms with E-state index >= 15 is 0 Å². The van der Waals surface area contributed by atoms with Crippen molar-refractivity contribution in [2.45, 2.75) is 30.8 Å². The third kappa shape index (κ3) is 7.83. The third-order valence-electron chi connectivity index (χ3n) is 6.61. The van der Waals surface area contributed by atoms with Gasteiger partial charge < -0.3 is 10.2 Å². The fourth-order valence-corrected chi connectivity index (χ4v) is 6.19. The van der Waals surface area contributed by atoms with Crippen LogP contribution in [0.5, 0.6) is 0 Å². The molecule has 0 unspecified atom stereocenters. The van der Waals surface area contributed by atoms with Crippen LogP contribution in [0.15, 0.2) is 119 Å². The van der Waals surface area contributed by atoms with Gasteiger partial charge in [0.2, 0.25) is 11.8 Å². The second kappa shape index (κ2) is 14.2. The summed E-state index contributed by atoms with van der Waals surface area (Å²) in [4.78, 5) is 29.1. The van der Waals surface area contributed by atoms with E-state index in [0.717, 1.165) is 14.3 Å². The summed E-state index contributed by atoms with van der Waals surface area (Å²) < 4.78 is 43.3. The number of carbonyl (C=O) groups is 2. The Labute approximate surface area is 254 Å². The molecule has 0 radical (unpaired) electrons. The van der Waals surface area contributed by atoms with E-state index in [0.29, 0.717) is 12.1 Å². The summed E-state index contributed by atoms with van der Waals surface area (Å²) >= 11 is 3.37. The van der Waals surface area contributed by atoms with Gasteiger partial charge in [-0.15, -0.1) is 0 Å². The Morgan fingerprint density at radius 3 is 2.02 bits per heavy atom. The van der Waals surface area contributed by atoms with E-state index < -0.39 is 34.3 Å². The number of nitrogens with one attached hydrogen (secondary N) is 1. The second-order valence-corrected chi connectivity index (χ2v) is 12.3. The molecule has 0 aromatic heterocycles. The Morgan fingerprint density at radius 1 is 0.833 bits per heavy atom. The van der Waals surface area contributed by atoms with Crippen molar-refractivity contribution in [3.63, 3.8) is 0 Å². The quantitative estimate of drug-likeness (QED) is 0.217. The molecule has 42 heavy (non-hydrogen) atoms. The first-order valence-corrected chi connectivity index (χ1v) is 15.6. The average Bonchev–Trinajstić information content (AvgIpc) is 3.00. The number of halogens is 2. The number of rotatable bonds is 12. The van der Waals surface area contributed by atoms with Gasteiger partial charge >= 0.3 is 0 Å². The monoisotopic (exact) mass is 651 g/mol. The van der Waals surface area contributed by atoms with Gasteiger partial charge in [0.25, 0.3) is 10.0 Å². The molecule has 4 rings (SSSR count). The number of likely N-dealkylation sites (N-methyl/N-ethyl adjacent to an activating group) is 1. The highest BCUT2D eigenvalue weighted by atomic mass is 79.9.